The summed E-state index contributed by atoms with van der Waals surface area (Å²) >= 11 is 0. The van der Waals surface area contributed by atoms with Crippen molar-refractivity contribution in [3.8, 4) is 0 Å². The molecule has 0 spiro atoms. The first kappa shape index (κ1) is 13.6. The molecule has 1 rings (SSSR count). The third-order valence-corrected chi connectivity index (χ3v) is 3.17. The predicted octanol–water partition coefficient (Wildman–Crippen LogP) is 3.22. The minimum absolute atomic E-state index is 0.145. The van der Waals surface area contributed by atoms with E-state index in [4.69, 9.17) is 5.73 Å². The Hall–Kier alpha value is -1.42. The first-order valence-corrected chi connectivity index (χ1v) is 6.04. The molecule has 0 aliphatic heterocycles. The molecule has 4 heteroatoms. The summed E-state index contributed by atoms with van der Waals surface area (Å²) in [4.78, 5) is 10.2. The van der Waals surface area contributed by atoms with Crippen LogP contribution in [-0.2, 0) is 0 Å². The number of nitro groups is 1. The molecule has 1 aromatic carbocycles. The zero-order valence-corrected chi connectivity index (χ0v) is 10.4. The van der Waals surface area contributed by atoms with Crippen molar-refractivity contribution in [3.63, 3.8) is 0 Å². The highest BCUT2D eigenvalue weighted by Gasteiger charge is 2.10. The standard InChI is InChI=1S/C13H20N2O2/c1-3-12(14)7-4-10(2)11-5-8-13(9-6-11)15(16)17/h5-6,8-10,12H,3-4,7,14H2,1-2H3. The van der Waals surface area contributed by atoms with Gasteiger partial charge in [0.1, 0.15) is 0 Å². The molecule has 94 valence electrons. The fourth-order valence-electron chi connectivity index (χ4n) is 1.76. The van der Waals surface area contributed by atoms with Gasteiger partial charge in [-0.3, -0.25) is 10.1 Å². The summed E-state index contributed by atoms with van der Waals surface area (Å²) in [6.45, 7) is 4.21. The van der Waals surface area contributed by atoms with Crippen molar-refractivity contribution in [2.24, 2.45) is 5.73 Å². The third-order valence-electron chi connectivity index (χ3n) is 3.17. The first-order chi connectivity index (χ1) is 8.04. The predicted molar refractivity (Wildman–Crippen MR) is 69.0 cm³/mol. The lowest BCUT2D eigenvalue weighted by Gasteiger charge is -2.14. The van der Waals surface area contributed by atoms with Crippen LogP contribution in [0.1, 0.15) is 44.6 Å². The molecule has 0 aromatic heterocycles. The Morgan fingerprint density at radius 2 is 1.88 bits per heavy atom. The minimum atomic E-state index is -0.374. The van der Waals surface area contributed by atoms with Crippen molar-refractivity contribution >= 4 is 5.69 Å². The molecule has 0 heterocycles. The second-order valence-electron chi connectivity index (χ2n) is 4.50. The Bertz CT molecular complexity index is 362. The van der Waals surface area contributed by atoms with Crippen molar-refractivity contribution in [2.75, 3.05) is 0 Å². The van der Waals surface area contributed by atoms with Gasteiger partial charge in [0.2, 0.25) is 0 Å². The monoisotopic (exact) mass is 236 g/mol. The fraction of sp³-hybridized carbons (Fsp3) is 0.538. The van der Waals surface area contributed by atoms with E-state index in [1.807, 2.05) is 12.1 Å². The molecule has 0 saturated heterocycles. The van der Waals surface area contributed by atoms with Gasteiger partial charge in [0.25, 0.3) is 5.69 Å². The van der Waals surface area contributed by atoms with Crippen molar-refractivity contribution < 1.29 is 4.92 Å². The van der Waals surface area contributed by atoms with E-state index in [1.165, 1.54) is 0 Å². The first-order valence-electron chi connectivity index (χ1n) is 6.04. The Morgan fingerprint density at radius 3 is 2.35 bits per heavy atom. The molecular weight excluding hydrogens is 216 g/mol. The van der Waals surface area contributed by atoms with E-state index in [1.54, 1.807) is 12.1 Å². The van der Waals surface area contributed by atoms with Gasteiger partial charge in [-0.1, -0.05) is 26.0 Å². The second kappa shape index (κ2) is 6.35. The molecule has 4 nitrogen and oxygen atoms in total. The summed E-state index contributed by atoms with van der Waals surface area (Å²) in [5.41, 5.74) is 7.16. The van der Waals surface area contributed by atoms with Crippen LogP contribution < -0.4 is 5.73 Å². The van der Waals surface area contributed by atoms with E-state index < -0.39 is 0 Å². The number of nitro benzene ring substituents is 1. The van der Waals surface area contributed by atoms with Gasteiger partial charge in [0.15, 0.2) is 0 Å². The van der Waals surface area contributed by atoms with Crippen molar-refractivity contribution in [1.29, 1.82) is 0 Å². The smallest absolute Gasteiger partial charge is 0.269 e. The number of hydrogen-bond donors (Lipinski definition) is 1. The van der Waals surface area contributed by atoms with Crippen LogP contribution in [0, 0.1) is 10.1 Å². The molecule has 17 heavy (non-hydrogen) atoms. The molecule has 2 atom stereocenters. The Balaban J connectivity index is 2.57. The average molecular weight is 236 g/mol. The molecule has 0 fully saturated rings. The van der Waals surface area contributed by atoms with Crippen LogP contribution in [0.5, 0.6) is 0 Å². The van der Waals surface area contributed by atoms with Crippen LogP contribution in [0.25, 0.3) is 0 Å². The molecule has 0 aliphatic rings. The van der Waals surface area contributed by atoms with E-state index in [2.05, 4.69) is 13.8 Å². The van der Waals surface area contributed by atoms with E-state index >= 15 is 0 Å². The molecule has 0 amide bonds. The highest BCUT2D eigenvalue weighted by molar-refractivity contribution is 5.34. The van der Waals surface area contributed by atoms with Crippen molar-refractivity contribution in [1.82, 2.24) is 0 Å². The zero-order chi connectivity index (χ0) is 12.8. The summed E-state index contributed by atoms with van der Waals surface area (Å²) in [6.07, 6.45) is 3.01. The minimum Gasteiger partial charge on any atom is -0.328 e. The van der Waals surface area contributed by atoms with Gasteiger partial charge in [-0.2, -0.15) is 0 Å². The number of nitrogens with two attached hydrogens (primary N) is 1. The van der Waals surface area contributed by atoms with Crippen LogP contribution in [0.2, 0.25) is 0 Å². The Morgan fingerprint density at radius 1 is 1.29 bits per heavy atom. The summed E-state index contributed by atoms with van der Waals surface area (Å²) in [6, 6.07) is 7.05. The Kier molecular flexibility index (Phi) is 5.10. The van der Waals surface area contributed by atoms with Crippen LogP contribution in [0.15, 0.2) is 24.3 Å². The van der Waals surface area contributed by atoms with Gasteiger partial charge in [-0.25, -0.2) is 0 Å². The van der Waals surface area contributed by atoms with Gasteiger partial charge >= 0.3 is 0 Å². The number of non-ortho nitro benzene ring substituents is 1. The van der Waals surface area contributed by atoms with Crippen LogP contribution in [0.3, 0.4) is 0 Å². The van der Waals surface area contributed by atoms with E-state index in [9.17, 15) is 10.1 Å². The van der Waals surface area contributed by atoms with Gasteiger partial charge in [0, 0.05) is 18.2 Å². The lowest BCUT2D eigenvalue weighted by Crippen LogP contribution is -2.18. The van der Waals surface area contributed by atoms with Crippen molar-refractivity contribution in [2.45, 2.75) is 45.1 Å². The molecule has 0 radical (unpaired) electrons. The molecule has 0 aliphatic carbocycles. The summed E-state index contributed by atoms with van der Waals surface area (Å²) < 4.78 is 0. The molecule has 2 N–H and O–H groups in total. The largest absolute Gasteiger partial charge is 0.328 e. The number of benzene rings is 1. The van der Waals surface area contributed by atoms with Gasteiger partial charge < -0.3 is 5.73 Å². The second-order valence-corrected chi connectivity index (χ2v) is 4.50. The lowest BCUT2D eigenvalue weighted by atomic mass is 9.94. The summed E-state index contributed by atoms with van der Waals surface area (Å²) in [5, 5.41) is 10.5. The van der Waals surface area contributed by atoms with Gasteiger partial charge in [-0.05, 0) is 30.7 Å². The van der Waals surface area contributed by atoms with Crippen molar-refractivity contribution in [3.05, 3.63) is 39.9 Å². The van der Waals surface area contributed by atoms with Gasteiger partial charge in [0.05, 0.1) is 4.92 Å². The maximum atomic E-state index is 10.5. The SMILES string of the molecule is CCC(N)CCC(C)c1ccc([N+](=O)[O-])cc1. The van der Waals surface area contributed by atoms with Crippen LogP contribution >= 0.6 is 0 Å². The van der Waals surface area contributed by atoms with E-state index in [0.29, 0.717) is 5.92 Å². The number of rotatable bonds is 6. The number of nitrogens with zero attached hydrogens (tertiary/aromatic N) is 1. The molecular formula is C13H20N2O2. The normalized spacial score (nSPS) is 14.3. The van der Waals surface area contributed by atoms with Gasteiger partial charge in [-0.15, -0.1) is 0 Å². The molecule has 1 aromatic rings. The highest BCUT2D eigenvalue weighted by Crippen LogP contribution is 2.23. The number of hydrogen-bond acceptors (Lipinski definition) is 3. The van der Waals surface area contributed by atoms with E-state index in [-0.39, 0.29) is 16.7 Å². The molecule has 0 saturated carbocycles. The van der Waals surface area contributed by atoms with Crippen LogP contribution in [0.4, 0.5) is 5.69 Å². The fourth-order valence-corrected chi connectivity index (χ4v) is 1.76. The van der Waals surface area contributed by atoms with Crippen LogP contribution in [-0.4, -0.2) is 11.0 Å². The summed E-state index contributed by atoms with van der Waals surface area (Å²) in [7, 11) is 0. The lowest BCUT2D eigenvalue weighted by molar-refractivity contribution is -0.384. The summed E-state index contributed by atoms with van der Waals surface area (Å²) in [5.74, 6) is 0.397. The maximum absolute atomic E-state index is 10.5. The highest BCUT2D eigenvalue weighted by atomic mass is 16.6. The maximum Gasteiger partial charge on any atom is 0.269 e. The molecule has 0 bridgehead atoms. The average Bonchev–Trinajstić information content (AvgIpc) is 2.35. The Labute approximate surface area is 102 Å². The quantitative estimate of drug-likeness (QED) is 0.609. The van der Waals surface area contributed by atoms with E-state index in [0.717, 1.165) is 24.8 Å². The molecule has 2 unspecified atom stereocenters. The zero-order valence-electron chi connectivity index (χ0n) is 10.4. The topological polar surface area (TPSA) is 69.2 Å². The third kappa shape index (κ3) is 4.15.